The van der Waals surface area contributed by atoms with E-state index in [9.17, 15) is 18.0 Å². The van der Waals surface area contributed by atoms with Gasteiger partial charge in [0.15, 0.2) is 11.6 Å². The molecule has 0 aliphatic rings. The van der Waals surface area contributed by atoms with Crippen molar-refractivity contribution in [2.24, 2.45) is 0 Å². The summed E-state index contributed by atoms with van der Waals surface area (Å²) in [7, 11) is 0. The van der Waals surface area contributed by atoms with E-state index in [1.165, 1.54) is 0 Å². The van der Waals surface area contributed by atoms with Crippen LogP contribution in [0.3, 0.4) is 0 Å². The van der Waals surface area contributed by atoms with E-state index in [1.54, 1.807) is 0 Å². The molecule has 0 aromatic heterocycles. The number of carboxylic acids is 1. The summed E-state index contributed by atoms with van der Waals surface area (Å²) in [5.41, 5.74) is -0.433. The molecular weight excluding hydrogens is 237 g/mol. The minimum absolute atomic E-state index is 0.433. The Morgan fingerprint density at radius 1 is 1.47 bits per heavy atom. The summed E-state index contributed by atoms with van der Waals surface area (Å²) in [6.07, 6.45) is 0. The molecule has 0 aliphatic carbocycles. The maximum absolute atomic E-state index is 13.0. The number of hydrogen-bond donors (Lipinski definition) is 1. The van der Waals surface area contributed by atoms with E-state index in [0.717, 1.165) is 6.07 Å². The maximum atomic E-state index is 13.0. The lowest BCUT2D eigenvalue weighted by molar-refractivity contribution is -0.0522. The van der Waals surface area contributed by atoms with Gasteiger partial charge in [0.25, 0.3) is 0 Å². The Morgan fingerprint density at radius 3 is 2.53 bits per heavy atom. The van der Waals surface area contributed by atoms with Crippen molar-refractivity contribution in [1.82, 2.24) is 0 Å². The fourth-order valence-electron chi connectivity index (χ4n) is 0.869. The van der Waals surface area contributed by atoms with E-state index in [-0.39, 0.29) is 0 Å². The number of alkyl halides is 2. The molecule has 0 unspecified atom stereocenters. The quantitative estimate of drug-likeness (QED) is 0.884. The zero-order valence-electron chi connectivity index (χ0n) is 7.01. The summed E-state index contributed by atoms with van der Waals surface area (Å²) < 4.78 is 40.4. The molecule has 3 nitrogen and oxygen atoms in total. The molecule has 0 heterocycles. The molecule has 7 heteroatoms. The monoisotopic (exact) mass is 240 g/mol. The molecule has 0 radical (unpaired) electrons. The summed E-state index contributed by atoms with van der Waals surface area (Å²) in [6, 6.07) is 1.44. The van der Waals surface area contributed by atoms with Crippen molar-refractivity contribution < 1.29 is 27.8 Å². The largest absolute Gasteiger partial charge is 0.478 e. The molecule has 1 N–H and O–H groups in total. The number of ether oxygens (including phenoxy) is 1. The van der Waals surface area contributed by atoms with Crippen LogP contribution in [0.5, 0.6) is 5.75 Å². The van der Waals surface area contributed by atoms with Crippen LogP contribution in [-0.2, 0) is 0 Å². The van der Waals surface area contributed by atoms with Gasteiger partial charge in [-0.25, -0.2) is 9.18 Å². The molecule has 1 aromatic rings. The molecule has 15 heavy (non-hydrogen) atoms. The first-order chi connectivity index (χ1) is 6.91. The number of halogens is 4. The number of carboxylic acid groups (broad SMARTS) is 1. The molecule has 0 saturated heterocycles. The van der Waals surface area contributed by atoms with Crippen molar-refractivity contribution in [2.45, 2.75) is 6.61 Å². The van der Waals surface area contributed by atoms with Crippen LogP contribution in [0.25, 0.3) is 0 Å². The lowest BCUT2D eigenvalue weighted by Crippen LogP contribution is -2.06. The van der Waals surface area contributed by atoms with Crippen LogP contribution in [0.4, 0.5) is 13.2 Å². The third-order valence-corrected chi connectivity index (χ3v) is 1.73. The van der Waals surface area contributed by atoms with Crippen molar-refractivity contribution in [1.29, 1.82) is 0 Å². The Labute approximate surface area is 87.0 Å². The molecule has 1 aromatic carbocycles. The van der Waals surface area contributed by atoms with E-state index in [4.69, 9.17) is 16.7 Å². The highest BCUT2D eigenvalue weighted by atomic mass is 35.5. The predicted molar refractivity (Wildman–Crippen MR) is 45.0 cm³/mol. The van der Waals surface area contributed by atoms with Gasteiger partial charge in [0, 0.05) is 0 Å². The highest BCUT2D eigenvalue weighted by Gasteiger charge is 2.17. The lowest BCUT2D eigenvalue weighted by atomic mass is 10.2. The molecule has 0 bridgehead atoms. The van der Waals surface area contributed by atoms with Gasteiger partial charge in [-0.15, -0.1) is 0 Å². The summed E-state index contributed by atoms with van der Waals surface area (Å²) in [5, 5.41) is 7.94. The van der Waals surface area contributed by atoms with Crippen LogP contribution in [0.15, 0.2) is 12.1 Å². The number of rotatable bonds is 3. The van der Waals surface area contributed by atoms with Gasteiger partial charge < -0.3 is 9.84 Å². The first-order valence-electron chi connectivity index (χ1n) is 3.59. The van der Waals surface area contributed by atoms with Crippen LogP contribution in [-0.4, -0.2) is 17.7 Å². The van der Waals surface area contributed by atoms with Crippen LogP contribution in [0.1, 0.15) is 10.4 Å². The normalized spacial score (nSPS) is 10.5. The molecule has 0 fully saturated rings. The average molecular weight is 241 g/mol. The second kappa shape index (κ2) is 4.39. The highest BCUT2D eigenvalue weighted by Crippen LogP contribution is 2.27. The SMILES string of the molecule is O=C(O)c1cc(Cl)c(F)c(OC(F)F)c1. The van der Waals surface area contributed by atoms with Crippen LogP contribution in [0, 0.1) is 5.82 Å². The first kappa shape index (κ1) is 11.6. The third kappa shape index (κ3) is 2.76. The van der Waals surface area contributed by atoms with Crippen molar-refractivity contribution in [3.05, 3.63) is 28.5 Å². The topological polar surface area (TPSA) is 46.5 Å². The summed E-state index contributed by atoms with van der Waals surface area (Å²) >= 11 is 5.28. The van der Waals surface area contributed by atoms with Crippen molar-refractivity contribution in [2.75, 3.05) is 0 Å². The summed E-state index contributed by atoms with van der Waals surface area (Å²) in [5.74, 6) is -3.53. The second-order valence-electron chi connectivity index (χ2n) is 2.45. The number of carbonyl (C=O) groups is 1. The minimum atomic E-state index is -3.25. The standard InChI is InChI=1S/C8H4ClF3O3/c9-4-1-3(7(13)14)2-5(6(4)10)15-8(11)12/h1-2,8H,(H,13,14). The van der Waals surface area contributed by atoms with E-state index < -0.39 is 34.7 Å². The van der Waals surface area contributed by atoms with Gasteiger partial charge in [-0.3, -0.25) is 0 Å². The van der Waals surface area contributed by atoms with Crippen LogP contribution in [0.2, 0.25) is 5.02 Å². The highest BCUT2D eigenvalue weighted by molar-refractivity contribution is 6.31. The van der Waals surface area contributed by atoms with Gasteiger partial charge in [-0.05, 0) is 12.1 Å². The Bertz CT molecular complexity index is 395. The molecule has 0 spiro atoms. The Kier molecular flexibility index (Phi) is 3.41. The zero-order valence-corrected chi connectivity index (χ0v) is 7.76. The summed E-state index contributed by atoms with van der Waals surface area (Å²) in [6.45, 7) is -3.25. The van der Waals surface area contributed by atoms with Gasteiger partial charge >= 0.3 is 12.6 Å². The molecule has 0 aliphatic heterocycles. The smallest absolute Gasteiger partial charge is 0.387 e. The predicted octanol–water partition coefficient (Wildman–Crippen LogP) is 2.78. The van der Waals surface area contributed by atoms with Gasteiger partial charge in [0.1, 0.15) is 0 Å². The molecular formula is C8H4ClF3O3. The van der Waals surface area contributed by atoms with E-state index in [2.05, 4.69) is 4.74 Å². The molecule has 0 amide bonds. The number of hydrogen-bond acceptors (Lipinski definition) is 2. The molecule has 0 saturated carbocycles. The molecule has 1 rings (SSSR count). The minimum Gasteiger partial charge on any atom is -0.478 e. The van der Waals surface area contributed by atoms with Crippen molar-refractivity contribution in [3.8, 4) is 5.75 Å². The average Bonchev–Trinajstić information content (AvgIpc) is 2.11. The Morgan fingerprint density at radius 2 is 2.07 bits per heavy atom. The second-order valence-corrected chi connectivity index (χ2v) is 2.86. The van der Waals surface area contributed by atoms with Crippen LogP contribution < -0.4 is 4.74 Å². The number of aromatic carboxylic acids is 1. The van der Waals surface area contributed by atoms with E-state index in [0.29, 0.717) is 6.07 Å². The lowest BCUT2D eigenvalue weighted by Gasteiger charge is -2.07. The van der Waals surface area contributed by atoms with Gasteiger partial charge in [-0.1, -0.05) is 11.6 Å². The van der Waals surface area contributed by atoms with Crippen molar-refractivity contribution >= 4 is 17.6 Å². The van der Waals surface area contributed by atoms with E-state index >= 15 is 0 Å². The Hall–Kier alpha value is -1.43. The van der Waals surface area contributed by atoms with Crippen molar-refractivity contribution in [3.63, 3.8) is 0 Å². The summed E-state index contributed by atoms with van der Waals surface area (Å²) in [4.78, 5) is 10.5. The Balaban J connectivity index is 3.19. The van der Waals surface area contributed by atoms with Gasteiger partial charge in [0.05, 0.1) is 10.6 Å². The fraction of sp³-hybridized carbons (Fsp3) is 0.125. The maximum Gasteiger partial charge on any atom is 0.387 e. The molecule has 82 valence electrons. The molecule has 0 atom stereocenters. The number of benzene rings is 1. The van der Waals surface area contributed by atoms with Gasteiger partial charge in [0.2, 0.25) is 0 Å². The fourth-order valence-corrected chi connectivity index (χ4v) is 1.08. The van der Waals surface area contributed by atoms with E-state index in [1.807, 2.05) is 0 Å². The first-order valence-corrected chi connectivity index (χ1v) is 3.96. The third-order valence-electron chi connectivity index (χ3n) is 1.46. The zero-order chi connectivity index (χ0) is 11.6. The van der Waals surface area contributed by atoms with Gasteiger partial charge in [-0.2, -0.15) is 8.78 Å². The van der Waals surface area contributed by atoms with Crippen LogP contribution >= 0.6 is 11.6 Å².